The first-order valence-electron chi connectivity index (χ1n) is 4.96. The number of anilines is 1. The van der Waals surface area contributed by atoms with Crippen LogP contribution in [-0.4, -0.2) is 16.0 Å². The number of hydrogen-bond donors (Lipinski definition) is 1. The minimum Gasteiger partial charge on any atom is -0.352 e. The molecule has 78 valence electrons. The summed E-state index contributed by atoms with van der Waals surface area (Å²) in [6.45, 7) is 4.32. The molecular weight excluding hydrogens is 198 g/mol. The minimum absolute atomic E-state index is 0.413. The molecule has 1 aromatic rings. The van der Waals surface area contributed by atoms with Crippen LogP contribution in [0, 0.1) is 0 Å². The topological polar surface area (TPSA) is 37.8 Å². The van der Waals surface area contributed by atoms with E-state index < -0.39 is 0 Å². The van der Waals surface area contributed by atoms with Gasteiger partial charge in [0.25, 0.3) is 0 Å². The minimum atomic E-state index is 0.413. The molecule has 0 saturated carbocycles. The van der Waals surface area contributed by atoms with Gasteiger partial charge in [-0.25, -0.2) is 9.97 Å². The molecule has 14 heavy (non-hydrogen) atoms. The second kappa shape index (κ2) is 5.81. The Morgan fingerprint density at radius 2 is 2.07 bits per heavy atom. The van der Waals surface area contributed by atoms with Crippen LogP contribution in [0.15, 0.2) is 12.4 Å². The Bertz CT molecular complexity index is 261. The fourth-order valence-corrected chi connectivity index (χ4v) is 1.29. The largest absolute Gasteiger partial charge is 0.352 e. The van der Waals surface area contributed by atoms with E-state index in [-0.39, 0.29) is 0 Å². The van der Waals surface area contributed by atoms with Gasteiger partial charge in [0.1, 0.15) is 0 Å². The summed E-state index contributed by atoms with van der Waals surface area (Å²) in [4.78, 5) is 8.14. The number of aromatic nitrogens is 2. The molecule has 1 atom stereocenters. The van der Waals surface area contributed by atoms with Gasteiger partial charge in [-0.05, 0) is 13.3 Å². The van der Waals surface area contributed by atoms with Gasteiger partial charge in [-0.1, -0.05) is 31.4 Å². The molecule has 0 aliphatic heterocycles. The van der Waals surface area contributed by atoms with Gasteiger partial charge in [-0.2, -0.15) is 0 Å². The van der Waals surface area contributed by atoms with E-state index in [0.717, 1.165) is 6.42 Å². The van der Waals surface area contributed by atoms with Crippen molar-refractivity contribution in [2.75, 3.05) is 5.32 Å². The summed E-state index contributed by atoms with van der Waals surface area (Å²) in [5.74, 6) is 0.651. The highest BCUT2D eigenvalue weighted by Crippen LogP contribution is 2.08. The SMILES string of the molecule is CCCCC(C)Nc1ncc(Cl)cn1. The molecule has 0 radical (unpaired) electrons. The maximum Gasteiger partial charge on any atom is 0.222 e. The number of nitrogens with one attached hydrogen (secondary N) is 1. The normalized spacial score (nSPS) is 12.5. The maximum atomic E-state index is 5.68. The van der Waals surface area contributed by atoms with E-state index in [1.54, 1.807) is 12.4 Å². The predicted octanol–water partition coefficient (Wildman–Crippen LogP) is 3.12. The van der Waals surface area contributed by atoms with Crippen molar-refractivity contribution in [3.05, 3.63) is 17.4 Å². The van der Waals surface area contributed by atoms with Crippen molar-refractivity contribution >= 4 is 17.5 Å². The van der Waals surface area contributed by atoms with Crippen molar-refractivity contribution in [1.29, 1.82) is 0 Å². The smallest absolute Gasteiger partial charge is 0.222 e. The van der Waals surface area contributed by atoms with Gasteiger partial charge in [-0.3, -0.25) is 0 Å². The molecule has 0 fully saturated rings. The first-order chi connectivity index (χ1) is 6.72. The van der Waals surface area contributed by atoms with Gasteiger partial charge >= 0.3 is 0 Å². The lowest BCUT2D eigenvalue weighted by Crippen LogP contribution is -2.16. The highest BCUT2D eigenvalue weighted by Gasteiger charge is 2.02. The van der Waals surface area contributed by atoms with Crippen LogP contribution in [0.4, 0.5) is 5.95 Å². The Morgan fingerprint density at radius 3 is 2.64 bits per heavy atom. The molecule has 3 nitrogen and oxygen atoms in total. The lowest BCUT2D eigenvalue weighted by atomic mass is 10.1. The summed E-state index contributed by atoms with van der Waals surface area (Å²) in [6, 6.07) is 0.413. The van der Waals surface area contributed by atoms with Gasteiger partial charge in [-0.15, -0.1) is 0 Å². The molecule has 0 bridgehead atoms. The molecule has 1 rings (SSSR count). The lowest BCUT2D eigenvalue weighted by Gasteiger charge is -2.12. The van der Waals surface area contributed by atoms with Gasteiger partial charge in [0, 0.05) is 6.04 Å². The molecular formula is C10H16ClN3. The Labute approximate surface area is 89.9 Å². The second-order valence-corrected chi connectivity index (χ2v) is 3.85. The average molecular weight is 214 g/mol. The Balaban J connectivity index is 2.39. The Hall–Kier alpha value is -0.830. The highest BCUT2D eigenvalue weighted by atomic mass is 35.5. The van der Waals surface area contributed by atoms with E-state index in [9.17, 15) is 0 Å². The van der Waals surface area contributed by atoms with Crippen molar-refractivity contribution in [2.45, 2.75) is 39.2 Å². The summed E-state index contributed by atoms with van der Waals surface area (Å²) >= 11 is 5.68. The Kier molecular flexibility index (Phi) is 4.66. The molecule has 0 saturated heterocycles. The molecule has 0 spiro atoms. The number of unbranched alkanes of at least 4 members (excludes halogenated alkanes) is 1. The predicted molar refractivity (Wildman–Crippen MR) is 59.7 cm³/mol. The lowest BCUT2D eigenvalue weighted by molar-refractivity contribution is 0.641. The zero-order valence-electron chi connectivity index (χ0n) is 8.63. The molecule has 0 aliphatic carbocycles. The molecule has 1 N–H and O–H groups in total. The molecule has 0 aromatic carbocycles. The van der Waals surface area contributed by atoms with E-state index in [1.165, 1.54) is 12.8 Å². The monoisotopic (exact) mass is 213 g/mol. The summed E-state index contributed by atoms with van der Waals surface area (Å²) < 4.78 is 0. The quantitative estimate of drug-likeness (QED) is 0.817. The third-order valence-corrected chi connectivity index (χ3v) is 2.18. The standard InChI is InChI=1S/C10H16ClN3/c1-3-4-5-8(2)14-10-12-6-9(11)7-13-10/h6-8H,3-5H2,1-2H3,(H,12,13,14). The van der Waals surface area contributed by atoms with Crippen LogP contribution in [-0.2, 0) is 0 Å². The molecule has 1 heterocycles. The number of nitrogens with zero attached hydrogens (tertiary/aromatic N) is 2. The van der Waals surface area contributed by atoms with Crippen LogP contribution in [0.3, 0.4) is 0 Å². The molecule has 1 unspecified atom stereocenters. The highest BCUT2D eigenvalue weighted by molar-refractivity contribution is 6.30. The van der Waals surface area contributed by atoms with Crippen molar-refractivity contribution in [3.63, 3.8) is 0 Å². The number of halogens is 1. The molecule has 0 amide bonds. The Morgan fingerprint density at radius 1 is 1.43 bits per heavy atom. The van der Waals surface area contributed by atoms with Crippen LogP contribution >= 0.6 is 11.6 Å². The zero-order chi connectivity index (χ0) is 10.4. The summed E-state index contributed by atoms with van der Waals surface area (Å²) in [5.41, 5.74) is 0. The van der Waals surface area contributed by atoms with Crippen LogP contribution in [0.2, 0.25) is 5.02 Å². The van der Waals surface area contributed by atoms with Crippen LogP contribution in [0.5, 0.6) is 0 Å². The first-order valence-corrected chi connectivity index (χ1v) is 5.34. The van der Waals surface area contributed by atoms with Crippen LogP contribution in [0.1, 0.15) is 33.1 Å². The third kappa shape index (κ3) is 3.92. The number of rotatable bonds is 5. The van der Waals surface area contributed by atoms with Crippen molar-refractivity contribution in [1.82, 2.24) is 9.97 Å². The fraction of sp³-hybridized carbons (Fsp3) is 0.600. The van der Waals surface area contributed by atoms with Crippen LogP contribution < -0.4 is 5.32 Å². The number of hydrogen-bond acceptors (Lipinski definition) is 3. The molecule has 4 heteroatoms. The second-order valence-electron chi connectivity index (χ2n) is 3.41. The van der Waals surface area contributed by atoms with E-state index in [0.29, 0.717) is 17.0 Å². The van der Waals surface area contributed by atoms with E-state index in [4.69, 9.17) is 11.6 Å². The average Bonchev–Trinajstić information content (AvgIpc) is 2.18. The summed E-state index contributed by atoms with van der Waals surface area (Å²) in [5, 5.41) is 3.79. The summed E-state index contributed by atoms with van der Waals surface area (Å²) in [7, 11) is 0. The zero-order valence-corrected chi connectivity index (χ0v) is 9.38. The summed E-state index contributed by atoms with van der Waals surface area (Å²) in [6.07, 6.45) is 6.78. The molecule has 1 aromatic heterocycles. The maximum absolute atomic E-state index is 5.68. The molecule has 0 aliphatic rings. The van der Waals surface area contributed by atoms with E-state index >= 15 is 0 Å². The van der Waals surface area contributed by atoms with Gasteiger partial charge in [0.15, 0.2) is 0 Å². The van der Waals surface area contributed by atoms with Crippen molar-refractivity contribution < 1.29 is 0 Å². The van der Waals surface area contributed by atoms with Crippen LogP contribution in [0.25, 0.3) is 0 Å². The van der Waals surface area contributed by atoms with Gasteiger partial charge in [0.05, 0.1) is 17.4 Å². The third-order valence-electron chi connectivity index (χ3n) is 1.99. The first kappa shape index (κ1) is 11.2. The van der Waals surface area contributed by atoms with Gasteiger partial charge in [0.2, 0.25) is 5.95 Å². The van der Waals surface area contributed by atoms with Gasteiger partial charge < -0.3 is 5.32 Å². The van der Waals surface area contributed by atoms with E-state index in [2.05, 4.69) is 29.1 Å². The van der Waals surface area contributed by atoms with Crippen molar-refractivity contribution in [3.8, 4) is 0 Å². The van der Waals surface area contributed by atoms with E-state index in [1.807, 2.05) is 0 Å². The fourth-order valence-electron chi connectivity index (χ4n) is 1.19. The van der Waals surface area contributed by atoms with Crippen molar-refractivity contribution in [2.24, 2.45) is 0 Å².